The van der Waals surface area contributed by atoms with Crippen molar-refractivity contribution in [3.8, 4) is 0 Å². The Kier molecular flexibility index (Phi) is 2.45. The number of fused-ring (bicyclic) bond motifs is 1. The first-order valence-corrected chi connectivity index (χ1v) is 5.19. The van der Waals surface area contributed by atoms with Gasteiger partial charge in [-0.25, -0.2) is 0 Å². The van der Waals surface area contributed by atoms with Crippen LogP contribution in [0.25, 0.3) is 0 Å². The van der Waals surface area contributed by atoms with E-state index in [4.69, 9.17) is 11.6 Å². The molecule has 0 amide bonds. The molecule has 0 aliphatic carbocycles. The second kappa shape index (κ2) is 3.59. The fourth-order valence-electron chi connectivity index (χ4n) is 1.86. The number of para-hydroxylation sites is 1. The highest BCUT2D eigenvalue weighted by molar-refractivity contribution is 6.33. The number of aryl methyl sites for hydroxylation is 1. The van der Waals surface area contributed by atoms with Crippen LogP contribution in [0.3, 0.4) is 0 Å². The fraction of sp³-hybridized carbons (Fsp3) is 0.455. The Morgan fingerprint density at radius 2 is 2.31 bits per heavy atom. The average Bonchev–Trinajstić information content (AvgIpc) is 2.28. The van der Waals surface area contributed by atoms with Crippen LogP contribution in [-0.4, -0.2) is 6.04 Å². The number of nitrogens with one attached hydrogen (secondary N) is 1. The summed E-state index contributed by atoms with van der Waals surface area (Å²) >= 11 is 6.12. The van der Waals surface area contributed by atoms with Crippen molar-refractivity contribution in [2.24, 2.45) is 0 Å². The van der Waals surface area contributed by atoms with Gasteiger partial charge < -0.3 is 5.32 Å². The molecule has 0 aromatic heterocycles. The lowest BCUT2D eigenvalue weighted by atomic mass is 10.1. The Morgan fingerprint density at radius 1 is 1.46 bits per heavy atom. The van der Waals surface area contributed by atoms with Gasteiger partial charge in [-0.2, -0.15) is 0 Å². The second-order valence-corrected chi connectivity index (χ2v) is 4.12. The molecule has 0 saturated heterocycles. The summed E-state index contributed by atoms with van der Waals surface area (Å²) < 4.78 is 0. The Hall–Kier alpha value is -0.690. The van der Waals surface area contributed by atoms with E-state index in [1.807, 2.05) is 12.1 Å². The molecule has 1 heterocycles. The molecule has 1 atom stereocenters. The Morgan fingerprint density at radius 3 is 3.15 bits per heavy atom. The highest BCUT2D eigenvalue weighted by Crippen LogP contribution is 2.30. The van der Waals surface area contributed by atoms with Gasteiger partial charge in [0.1, 0.15) is 0 Å². The first-order chi connectivity index (χ1) is 6.27. The van der Waals surface area contributed by atoms with Crippen molar-refractivity contribution in [1.82, 2.24) is 0 Å². The van der Waals surface area contributed by atoms with E-state index >= 15 is 0 Å². The molecular formula is C11H14ClN. The molecule has 1 aromatic rings. The van der Waals surface area contributed by atoms with E-state index < -0.39 is 0 Å². The Balaban J connectivity index is 2.40. The molecular weight excluding hydrogens is 182 g/mol. The smallest absolute Gasteiger partial charge is 0.0640 e. The van der Waals surface area contributed by atoms with E-state index in [1.165, 1.54) is 18.4 Å². The van der Waals surface area contributed by atoms with Crippen LogP contribution in [0.2, 0.25) is 5.02 Å². The maximum absolute atomic E-state index is 6.12. The van der Waals surface area contributed by atoms with Crippen LogP contribution in [0, 0.1) is 0 Å². The molecule has 1 aromatic carbocycles. The van der Waals surface area contributed by atoms with Crippen molar-refractivity contribution in [2.75, 3.05) is 5.32 Å². The molecule has 1 nitrogen and oxygen atoms in total. The third-order valence-electron chi connectivity index (χ3n) is 2.57. The van der Waals surface area contributed by atoms with Gasteiger partial charge in [0.05, 0.1) is 10.7 Å². The molecule has 1 aliphatic rings. The van der Waals surface area contributed by atoms with Gasteiger partial charge in [-0.05, 0) is 37.8 Å². The van der Waals surface area contributed by atoms with Gasteiger partial charge >= 0.3 is 0 Å². The average molecular weight is 196 g/mol. The van der Waals surface area contributed by atoms with Crippen molar-refractivity contribution in [3.05, 3.63) is 28.8 Å². The van der Waals surface area contributed by atoms with E-state index in [-0.39, 0.29) is 0 Å². The summed E-state index contributed by atoms with van der Waals surface area (Å²) in [4.78, 5) is 0. The minimum Gasteiger partial charge on any atom is -0.381 e. The number of rotatable bonds is 0. The number of halogens is 1. The highest BCUT2D eigenvalue weighted by Gasteiger charge is 2.13. The van der Waals surface area contributed by atoms with E-state index in [1.54, 1.807) is 0 Å². The lowest BCUT2D eigenvalue weighted by Crippen LogP contribution is -2.13. The summed E-state index contributed by atoms with van der Waals surface area (Å²) in [5.74, 6) is 0. The largest absolute Gasteiger partial charge is 0.381 e. The first-order valence-electron chi connectivity index (χ1n) is 4.81. The van der Waals surface area contributed by atoms with E-state index in [0.717, 1.165) is 17.1 Å². The predicted molar refractivity (Wildman–Crippen MR) is 57.5 cm³/mol. The van der Waals surface area contributed by atoms with Crippen LogP contribution in [0.5, 0.6) is 0 Å². The van der Waals surface area contributed by atoms with Crippen molar-refractivity contribution >= 4 is 17.3 Å². The summed E-state index contributed by atoms with van der Waals surface area (Å²) in [6.45, 7) is 2.21. The van der Waals surface area contributed by atoms with Crippen LogP contribution in [-0.2, 0) is 6.42 Å². The van der Waals surface area contributed by atoms with Crippen molar-refractivity contribution in [3.63, 3.8) is 0 Å². The van der Waals surface area contributed by atoms with Gasteiger partial charge in [0, 0.05) is 6.04 Å². The van der Waals surface area contributed by atoms with Gasteiger partial charge in [0.2, 0.25) is 0 Å². The second-order valence-electron chi connectivity index (χ2n) is 3.71. The molecule has 0 saturated carbocycles. The summed E-state index contributed by atoms with van der Waals surface area (Å²) in [5, 5.41) is 4.31. The Bertz CT molecular complexity index is 309. The van der Waals surface area contributed by atoms with Gasteiger partial charge in [0.15, 0.2) is 0 Å². The minimum absolute atomic E-state index is 0.543. The maximum atomic E-state index is 6.12. The number of benzene rings is 1. The molecule has 2 heteroatoms. The van der Waals surface area contributed by atoms with Crippen LogP contribution in [0.4, 0.5) is 5.69 Å². The number of hydrogen-bond donors (Lipinski definition) is 1. The third-order valence-corrected chi connectivity index (χ3v) is 2.89. The molecule has 0 radical (unpaired) electrons. The standard InChI is InChI=1S/C11H14ClN/c1-8-4-2-5-9-6-3-7-10(12)11(9)13-8/h3,6-8,13H,2,4-5H2,1H3. The molecule has 13 heavy (non-hydrogen) atoms. The topological polar surface area (TPSA) is 12.0 Å². The molecule has 2 rings (SSSR count). The number of hydrogen-bond acceptors (Lipinski definition) is 1. The summed E-state index contributed by atoms with van der Waals surface area (Å²) in [5.41, 5.74) is 2.51. The summed E-state index contributed by atoms with van der Waals surface area (Å²) in [7, 11) is 0. The molecule has 0 fully saturated rings. The molecule has 1 N–H and O–H groups in total. The van der Waals surface area contributed by atoms with Gasteiger partial charge in [0.25, 0.3) is 0 Å². The third kappa shape index (κ3) is 1.80. The summed E-state index contributed by atoms with van der Waals surface area (Å²) in [6.07, 6.45) is 3.62. The van der Waals surface area contributed by atoms with E-state index in [2.05, 4.69) is 18.3 Å². The van der Waals surface area contributed by atoms with Crippen molar-refractivity contribution in [2.45, 2.75) is 32.2 Å². The minimum atomic E-state index is 0.543. The molecule has 70 valence electrons. The highest BCUT2D eigenvalue weighted by atomic mass is 35.5. The van der Waals surface area contributed by atoms with Crippen molar-refractivity contribution in [1.29, 1.82) is 0 Å². The summed E-state index contributed by atoms with van der Waals surface area (Å²) in [6, 6.07) is 6.68. The zero-order valence-corrected chi connectivity index (χ0v) is 8.56. The van der Waals surface area contributed by atoms with Gasteiger partial charge in [-0.15, -0.1) is 0 Å². The molecule has 0 bridgehead atoms. The number of anilines is 1. The van der Waals surface area contributed by atoms with Crippen LogP contribution >= 0.6 is 11.6 Å². The molecule has 1 unspecified atom stereocenters. The zero-order valence-electron chi connectivity index (χ0n) is 7.81. The first kappa shape index (κ1) is 8.89. The molecule has 0 spiro atoms. The Labute approximate surface area is 84.1 Å². The van der Waals surface area contributed by atoms with Crippen LogP contribution in [0.15, 0.2) is 18.2 Å². The zero-order chi connectivity index (χ0) is 9.26. The predicted octanol–water partition coefficient (Wildman–Crippen LogP) is 3.48. The quantitative estimate of drug-likeness (QED) is 0.669. The van der Waals surface area contributed by atoms with E-state index in [0.29, 0.717) is 6.04 Å². The van der Waals surface area contributed by atoms with Gasteiger partial charge in [-0.1, -0.05) is 23.7 Å². The SMILES string of the molecule is CC1CCCc2cccc(Cl)c2N1. The van der Waals surface area contributed by atoms with Gasteiger partial charge in [-0.3, -0.25) is 0 Å². The lowest BCUT2D eigenvalue weighted by Gasteiger charge is -2.14. The van der Waals surface area contributed by atoms with E-state index in [9.17, 15) is 0 Å². The normalized spacial score (nSPS) is 21.5. The monoisotopic (exact) mass is 195 g/mol. The fourth-order valence-corrected chi connectivity index (χ4v) is 2.10. The van der Waals surface area contributed by atoms with Crippen LogP contribution < -0.4 is 5.32 Å². The van der Waals surface area contributed by atoms with Crippen LogP contribution in [0.1, 0.15) is 25.3 Å². The maximum Gasteiger partial charge on any atom is 0.0640 e. The lowest BCUT2D eigenvalue weighted by molar-refractivity contribution is 0.674. The molecule has 1 aliphatic heterocycles. The van der Waals surface area contributed by atoms with Crippen molar-refractivity contribution < 1.29 is 0 Å².